The van der Waals surface area contributed by atoms with E-state index in [0.29, 0.717) is 24.4 Å². The number of ether oxygens (including phenoxy) is 2. The summed E-state index contributed by atoms with van der Waals surface area (Å²) in [5, 5.41) is 11.1. The molecule has 0 unspecified atom stereocenters. The van der Waals surface area contributed by atoms with Gasteiger partial charge in [0.1, 0.15) is 11.5 Å². The minimum atomic E-state index is -0.809. The van der Waals surface area contributed by atoms with Crippen LogP contribution >= 0.6 is 0 Å². The van der Waals surface area contributed by atoms with Crippen LogP contribution in [0.1, 0.15) is 31.0 Å². The molecule has 1 aliphatic rings. The van der Waals surface area contributed by atoms with Crippen molar-refractivity contribution in [2.45, 2.75) is 19.9 Å². The number of ketones is 1. The molecule has 0 aliphatic carbocycles. The van der Waals surface area contributed by atoms with Gasteiger partial charge in [0.25, 0.3) is 11.7 Å². The van der Waals surface area contributed by atoms with Crippen LogP contribution in [0.15, 0.2) is 48.0 Å². The van der Waals surface area contributed by atoms with Gasteiger partial charge in [0, 0.05) is 18.7 Å². The minimum absolute atomic E-state index is 0.0120. The summed E-state index contributed by atoms with van der Waals surface area (Å²) >= 11 is 0. The zero-order chi connectivity index (χ0) is 24.1. The van der Waals surface area contributed by atoms with Crippen molar-refractivity contribution in [3.05, 3.63) is 65.0 Å². The minimum Gasteiger partial charge on any atom is -0.507 e. The van der Waals surface area contributed by atoms with Gasteiger partial charge in [0.15, 0.2) is 11.6 Å². The van der Waals surface area contributed by atoms with Gasteiger partial charge < -0.3 is 24.4 Å². The molecule has 1 N–H and O–H groups in total. The summed E-state index contributed by atoms with van der Waals surface area (Å²) in [7, 11) is 2.88. The second-order valence-corrected chi connectivity index (χ2v) is 7.64. The Morgan fingerprint density at radius 2 is 1.73 bits per heavy atom. The first kappa shape index (κ1) is 24.3. The summed E-state index contributed by atoms with van der Waals surface area (Å²) in [6.45, 7) is 6.53. The van der Waals surface area contributed by atoms with Crippen LogP contribution in [-0.4, -0.2) is 67.0 Å². The number of amides is 1. The number of aliphatic hydroxyl groups is 1. The molecule has 176 valence electrons. The van der Waals surface area contributed by atoms with Crippen LogP contribution < -0.4 is 9.47 Å². The van der Waals surface area contributed by atoms with Crippen molar-refractivity contribution in [1.82, 2.24) is 9.80 Å². The number of hydrogen-bond donors (Lipinski definition) is 1. The maximum Gasteiger partial charge on any atom is 0.295 e. The molecule has 0 radical (unpaired) electrons. The molecule has 33 heavy (non-hydrogen) atoms. The predicted molar refractivity (Wildman–Crippen MR) is 123 cm³/mol. The lowest BCUT2D eigenvalue weighted by Crippen LogP contribution is -2.38. The number of likely N-dealkylation sites (tertiary alicyclic amines) is 1. The van der Waals surface area contributed by atoms with Gasteiger partial charge in [-0.05, 0) is 49.0 Å². The highest BCUT2D eigenvalue weighted by Crippen LogP contribution is 2.40. The van der Waals surface area contributed by atoms with Crippen molar-refractivity contribution >= 4 is 17.4 Å². The number of carbonyl (C=O) groups is 2. The van der Waals surface area contributed by atoms with Crippen LogP contribution in [0.25, 0.3) is 5.76 Å². The van der Waals surface area contributed by atoms with E-state index in [-0.39, 0.29) is 16.9 Å². The quantitative estimate of drug-likeness (QED) is 0.353. The van der Waals surface area contributed by atoms with Crippen molar-refractivity contribution in [2.75, 3.05) is 40.4 Å². The highest BCUT2D eigenvalue weighted by molar-refractivity contribution is 6.46. The summed E-state index contributed by atoms with van der Waals surface area (Å²) in [6, 6.07) is 10.1. The van der Waals surface area contributed by atoms with Crippen LogP contribution in [0, 0.1) is 5.82 Å². The number of methoxy groups -OCH3 is 2. The molecule has 0 saturated carbocycles. The molecule has 1 aliphatic heterocycles. The maximum atomic E-state index is 14.3. The summed E-state index contributed by atoms with van der Waals surface area (Å²) < 4.78 is 24.4. The first-order valence-corrected chi connectivity index (χ1v) is 10.8. The molecule has 1 atom stereocenters. The fourth-order valence-electron chi connectivity index (χ4n) is 4.00. The Kier molecular flexibility index (Phi) is 7.71. The van der Waals surface area contributed by atoms with Gasteiger partial charge in [-0.3, -0.25) is 9.59 Å². The number of hydrogen-bond acceptors (Lipinski definition) is 6. The zero-order valence-electron chi connectivity index (χ0n) is 19.3. The predicted octanol–water partition coefficient (Wildman–Crippen LogP) is 3.61. The van der Waals surface area contributed by atoms with Crippen molar-refractivity contribution in [2.24, 2.45) is 0 Å². The standard InChI is InChI=1S/C25H29FN2O5/c1-5-27(6-2)13-14-28-22(16-7-10-18(32-3)11-8-16)21(24(30)25(28)31)23(29)17-9-12-20(33-4)19(26)15-17/h7-12,15,22,29H,5-6,13-14H2,1-4H3/t22-/m1/s1. The summed E-state index contributed by atoms with van der Waals surface area (Å²) in [4.78, 5) is 29.7. The highest BCUT2D eigenvalue weighted by atomic mass is 19.1. The summed E-state index contributed by atoms with van der Waals surface area (Å²) in [5.74, 6) is -1.98. The summed E-state index contributed by atoms with van der Waals surface area (Å²) in [6.07, 6.45) is 0. The van der Waals surface area contributed by atoms with Crippen molar-refractivity contribution in [3.8, 4) is 11.5 Å². The number of carbonyl (C=O) groups excluding carboxylic acids is 2. The number of benzene rings is 2. The van der Waals surface area contributed by atoms with E-state index < -0.39 is 29.3 Å². The van der Waals surface area contributed by atoms with Gasteiger partial charge in [-0.25, -0.2) is 4.39 Å². The van der Waals surface area contributed by atoms with Crippen LogP contribution in [0.5, 0.6) is 11.5 Å². The molecule has 1 fully saturated rings. The van der Waals surface area contributed by atoms with Gasteiger partial charge >= 0.3 is 0 Å². The van der Waals surface area contributed by atoms with Gasteiger partial charge in [-0.15, -0.1) is 0 Å². The topological polar surface area (TPSA) is 79.3 Å². The molecule has 7 nitrogen and oxygen atoms in total. The lowest BCUT2D eigenvalue weighted by molar-refractivity contribution is -0.140. The lowest BCUT2D eigenvalue weighted by Gasteiger charge is -2.28. The van der Waals surface area contributed by atoms with E-state index in [9.17, 15) is 19.1 Å². The first-order chi connectivity index (χ1) is 15.9. The third-order valence-corrected chi connectivity index (χ3v) is 5.95. The third-order valence-electron chi connectivity index (χ3n) is 5.95. The van der Waals surface area contributed by atoms with Gasteiger partial charge in [-0.1, -0.05) is 26.0 Å². The highest BCUT2D eigenvalue weighted by Gasteiger charge is 2.46. The van der Waals surface area contributed by atoms with E-state index in [2.05, 4.69) is 4.90 Å². The lowest BCUT2D eigenvalue weighted by atomic mass is 9.95. The smallest absolute Gasteiger partial charge is 0.295 e. The monoisotopic (exact) mass is 456 g/mol. The van der Waals surface area contributed by atoms with E-state index in [4.69, 9.17) is 9.47 Å². The van der Waals surface area contributed by atoms with Crippen molar-refractivity contribution < 1.29 is 28.6 Å². The molecular formula is C25H29FN2O5. The fraction of sp³-hybridized carbons (Fsp3) is 0.360. The molecule has 1 amide bonds. The molecule has 1 heterocycles. The summed E-state index contributed by atoms with van der Waals surface area (Å²) in [5.41, 5.74) is 0.660. The molecule has 2 aromatic rings. The molecule has 0 aromatic heterocycles. The number of likely N-dealkylation sites (N-methyl/N-ethyl adjacent to an activating group) is 1. The van der Waals surface area contributed by atoms with Gasteiger partial charge in [-0.2, -0.15) is 0 Å². The Morgan fingerprint density at radius 3 is 2.27 bits per heavy atom. The van der Waals surface area contributed by atoms with E-state index in [1.807, 2.05) is 13.8 Å². The molecule has 0 bridgehead atoms. The number of nitrogens with zero attached hydrogens (tertiary/aromatic N) is 2. The number of Topliss-reactive ketones (excluding diaryl/α,β-unsaturated/α-hetero) is 1. The van der Waals surface area contributed by atoms with Crippen LogP contribution in [-0.2, 0) is 9.59 Å². The average Bonchev–Trinajstić information content (AvgIpc) is 3.09. The van der Waals surface area contributed by atoms with E-state index >= 15 is 0 Å². The Bertz CT molecular complexity index is 1050. The molecule has 8 heteroatoms. The van der Waals surface area contributed by atoms with Gasteiger partial charge in [0.05, 0.1) is 25.8 Å². The Labute approximate surface area is 193 Å². The van der Waals surface area contributed by atoms with Crippen molar-refractivity contribution in [1.29, 1.82) is 0 Å². The van der Waals surface area contributed by atoms with Gasteiger partial charge in [0.2, 0.25) is 0 Å². The zero-order valence-corrected chi connectivity index (χ0v) is 19.3. The Balaban J connectivity index is 2.10. The van der Waals surface area contributed by atoms with E-state index in [1.165, 1.54) is 24.1 Å². The van der Waals surface area contributed by atoms with E-state index in [1.54, 1.807) is 31.4 Å². The first-order valence-electron chi connectivity index (χ1n) is 10.8. The molecule has 2 aromatic carbocycles. The Hall–Kier alpha value is -3.39. The molecule has 0 spiro atoms. The largest absolute Gasteiger partial charge is 0.507 e. The fourth-order valence-corrected chi connectivity index (χ4v) is 4.00. The number of rotatable bonds is 9. The Morgan fingerprint density at radius 1 is 1.06 bits per heavy atom. The maximum absolute atomic E-state index is 14.3. The average molecular weight is 457 g/mol. The number of halogens is 1. The third kappa shape index (κ3) is 4.85. The molecule has 3 rings (SSSR count). The SMILES string of the molecule is CCN(CC)CCN1C(=O)C(=O)C(=C(O)c2ccc(OC)c(F)c2)[C@H]1c1ccc(OC)cc1. The van der Waals surface area contributed by atoms with E-state index in [0.717, 1.165) is 19.2 Å². The van der Waals surface area contributed by atoms with Crippen LogP contribution in [0.4, 0.5) is 4.39 Å². The van der Waals surface area contributed by atoms with Crippen molar-refractivity contribution in [3.63, 3.8) is 0 Å². The molecular weight excluding hydrogens is 427 g/mol. The number of aliphatic hydroxyl groups excluding tert-OH is 1. The van der Waals surface area contributed by atoms with Crippen LogP contribution in [0.2, 0.25) is 0 Å². The second kappa shape index (κ2) is 10.5. The normalized spacial score (nSPS) is 17.6. The second-order valence-electron chi connectivity index (χ2n) is 7.64. The van der Waals surface area contributed by atoms with Crippen LogP contribution in [0.3, 0.4) is 0 Å². The molecule has 1 saturated heterocycles.